The number of para-hydroxylation sites is 1. The van der Waals surface area contributed by atoms with Gasteiger partial charge in [0.25, 0.3) is 0 Å². The molecule has 0 aliphatic heterocycles. The molecule has 0 spiro atoms. The van der Waals surface area contributed by atoms with Crippen LogP contribution in [0.5, 0.6) is 0 Å². The van der Waals surface area contributed by atoms with E-state index in [1.807, 2.05) is 0 Å². The summed E-state index contributed by atoms with van der Waals surface area (Å²) in [5.74, 6) is 0.0231. The Balaban J connectivity index is 2.07. The highest BCUT2D eigenvalue weighted by atomic mass is 16.4. The number of nitrogens with zero attached hydrogens (tertiary/aromatic N) is 1. The minimum Gasteiger partial charge on any atom is -0.478 e. The molecule has 5 heteroatoms. The van der Waals surface area contributed by atoms with Gasteiger partial charge >= 0.3 is 11.7 Å². The summed E-state index contributed by atoms with van der Waals surface area (Å²) in [7, 11) is 0. The van der Waals surface area contributed by atoms with E-state index in [0.29, 0.717) is 29.4 Å². The van der Waals surface area contributed by atoms with Gasteiger partial charge in [-0.2, -0.15) is 0 Å². The molecule has 5 nitrogen and oxygen atoms in total. The van der Waals surface area contributed by atoms with Gasteiger partial charge in [-0.3, -0.25) is 4.57 Å². The first-order valence-corrected chi connectivity index (χ1v) is 7.52. The van der Waals surface area contributed by atoms with Crippen LogP contribution in [0.3, 0.4) is 0 Å². The molecule has 0 amide bonds. The number of rotatable bonds is 3. The van der Waals surface area contributed by atoms with Crippen molar-refractivity contribution in [1.82, 2.24) is 9.55 Å². The highest BCUT2D eigenvalue weighted by Gasteiger charge is 2.24. The Hall–Kier alpha value is -2.04. The monoisotopic (exact) mass is 288 g/mol. The number of carboxylic acids is 1. The zero-order valence-corrected chi connectivity index (χ0v) is 12.1. The summed E-state index contributed by atoms with van der Waals surface area (Å²) >= 11 is 0. The normalized spacial score (nSPS) is 22.5. The Bertz CT molecular complexity index is 729. The number of aromatic carboxylic acids is 1. The highest BCUT2D eigenvalue weighted by molar-refractivity contribution is 6.01. The van der Waals surface area contributed by atoms with Crippen molar-refractivity contribution in [3.05, 3.63) is 34.2 Å². The van der Waals surface area contributed by atoms with E-state index in [1.165, 1.54) is 19.3 Å². The van der Waals surface area contributed by atoms with Gasteiger partial charge in [0.2, 0.25) is 0 Å². The van der Waals surface area contributed by atoms with Gasteiger partial charge in [0.15, 0.2) is 0 Å². The molecule has 0 saturated heterocycles. The summed E-state index contributed by atoms with van der Waals surface area (Å²) in [5.41, 5.74) is 1.10. The molecule has 2 atom stereocenters. The number of H-pyrrole nitrogens is 1. The summed E-state index contributed by atoms with van der Waals surface area (Å²) in [6, 6.07) is 4.97. The smallest absolute Gasteiger partial charge is 0.337 e. The quantitative estimate of drug-likeness (QED) is 0.912. The lowest BCUT2D eigenvalue weighted by molar-refractivity contribution is 0.0698. The molecule has 1 aliphatic carbocycles. The molecule has 0 radical (unpaired) electrons. The Morgan fingerprint density at radius 3 is 2.86 bits per heavy atom. The van der Waals surface area contributed by atoms with Crippen LogP contribution in [0.4, 0.5) is 0 Å². The maximum absolute atomic E-state index is 12.2. The summed E-state index contributed by atoms with van der Waals surface area (Å²) in [4.78, 5) is 26.4. The number of imidazole rings is 1. The van der Waals surface area contributed by atoms with Crippen molar-refractivity contribution in [2.75, 3.05) is 0 Å². The van der Waals surface area contributed by atoms with Gasteiger partial charge in [-0.1, -0.05) is 32.3 Å². The van der Waals surface area contributed by atoms with Gasteiger partial charge in [-0.05, 0) is 30.4 Å². The maximum Gasteiger partial charge on any atom is 0.337 e. The van der Waals surface area contributed by atoms with Crippen molar-refractivity contribution in [3.63, 3.8) is 0 Å². The number of hydrogen-bond donors (Lipinski definition) is 2. The predicted molar refractivity (Wildman–Crippen MR) is 80.6 cm³/mol. The van der Waals surface area contributed by atoms with Gasteiger partial charge < -0.3 is 10.1 Å². The molecule has 2 unspecified atom stereocenters. The first-order valence-electron chi connectivity index (χ1n) is 7.52. The average molecular weight is 288 g/mol. The van der Waals surface area contributed by atoms with Crippen LogP contribution < -0.4 is 5.69 Å². The van der Waals surface area contributed by atoms with Gasteiger partial charge in [0.05, 0.1) is 16.6 Å². The largest absolute Gasteiger partial charge is 0.478 e. The van der Waals surface area contributed by atoms with Crippen LogP contribution in [0.2, 0.25) is 0 Å². The Morgan fingerprint density at radius 1 is 1.38 bits per heavy atom. The van der Waals surface area contributed by atoms with E-state index >= 15 is 0 Å². The topological polar surface area (TPSA) is 75.1 Å². The van der Waals surface area contributed by atoms with Gasteiger partial charge in [0.1, 0.15) is 0 Å². The molecule has 1 heterocycles. The van der Waals surface area contributed by atoms with E-state index in [-0.39, 0.29) is 11.3 Å². The van der Waals surface area contributed by atoms with E-state index in [1.54, 1.807) is 22.8 Å². The van der Waals surface area contributed by atoms with E-state index in [9.17, 15) is 14.7 Å². The second-order valence-corrected chi connectivity index (χ2v) is 6.07. The van der Waals surface area contributed by atoms with Crippen molar-refractivity contribution in [1.29, 1.82) is 0 Å². The number of benzene rings is 1. The number of nitrogens with one attached hydrogen (secondary N) is 1. The van der Waals surface area contributed by atoms with E-state index in [0.717, 1.165) is 6.42 Å². The summed E-state index contributed by atoms with van der Waals surface area (Å²) in [6.07, 6.45) is 4.74. The molecule has 1 saturated carbocycles. The lowest BCUT2D eigenvalue weighted by atomic mass is 9.80. The molecule has 2 N–H and O–H groups in total. The van der Waals surface area contributed by atoms with Crippen LogP contribution in [0, 0.1) is 11.8 Å². The van der Waals surface area contributed by atoms with Crippen LogP contribution in [0.25, 0.3) is 11.0 Å². The lowest BCUT2D eigenvalue weighted by Gasteiger charge is -2.28. The van der Waals surface area contributed by atoms with Crippen molar-refractivity contribution in [2.45, 2.75) is 39.2 Å². The van der Waals surface area contributed by atoms with E-state index in [4.69, 9.17) is 0 Å². The standard InChI is InChI=1S/C16H20N2O3/c1-10-5-2-3-6-11(10)9-18-14-12(15(19)20)7-4-8-13(14)17-16(18)21/h4,7-8,10-11H,2-3,5-6,9H2,1H3,(H,17,21)(H,19,20). The summed E-state index contributed by atoms with van der Waals surface area (Å²) in [6.45, 7) is 2.83. The van der Waals surface area contributed by atoms with Crippen molar-refractivity contribution in [2.24, 2.45) is 11.8 Å². The number of aromatic nitrogens is 2. The van der Waals surface area contributed by atoms with Crippen molar-refractivity contribution >= 4 is 17.0 Å². The molecule has 21 heavy (non-hydrogen) atoms. The molecule has 3 rings (SSSR count). The van der Waals surface area contributed by atoms with Gasteiger partial charge in [-0.25, -0.2) is 9.59 Å². The minimum absolute atomic E-state index is 0.189. The maximum atomic E-state index is 12.2. The van der Waals surface area contributed by atoms with Crippen LogP contribution >= 0.6 is 0 Å². The van der Waals surface area contributed by atoms with Crippen molar-refractivity contribution < 1.29 is 9.90 Å². The molecule has 1 aliphatic rings. The number of fused-ring (bicyclic) bond motifs is 1. The second kappa shape index (κ2) is 5.39. The molecule has 1 aromatic carbocycles. The zero-order chi connectivity index (χ0) is 15.0. The molecular weight excluding hydrogens is 268 g/mol. The summed E-state index contributed by atoms with van der Waals surface area (Å²) < 4.78 is 1.62. The highest BCUT2D eigenvalue weighted by Crippen LogP contribution is 2.31. The summed E-state index contributed by atoms with van der Waals surface area (Å²) in [5, 5.41) is 9.35. The molecule has 1 aromatic heterocycles. The number of aromatic amines is 1. The van der Waals surface area contributed by atoms with Gasteiger partial charge in [0, 0.05) is 6.54 Å². The van der Waals surface area contributed by atoms with Crippen LogP contribution in [0.15, 0.2) is 23.0 Å². The number of carboxylic acid groups (broad SMARTS) is 1. The van der Waals surface area contributed by atoms with E-state index < -0.39 is 5.97 Å². The SMILES string of the molecule is CC1CCCCC1Cn1c(=O)[nH]c2cccc(C(=O)O)c21. The first-order chi connectivity index (χ1) is 10.1. The fourth-order valence-electron chi connectivity index (χ4n) is 3.46. The Morgan fingerprint density at radius 2 is 2.14 bits per heavy atom. The molecule has 2 aromatic rings. The average Bonchev–Trinajstić information content (AvgIpc) is 2.77. The first kappa shape index (κ1) is 13.9. The number of hydrogen-bond acceptors (Lipinski definition) is 2. The second-order valence-electron chi connectivity index (χ2n) is 6.07. The van der Waals surface area contributed by atoms with Gasteiger partial charge in [-0.15, -0.1) is 0 Å². The van der Waals surface area contributed by atoms with E-state index in [2.05, 4.69) is 11.9 Å². The Labute approximate surface area is 122 Å². The minimum atomic E-state index is -0.995. The third kappa shape index (κ3) is 2.48. The fourth-order valence-corrected chi connectivity index (χ4v) is 3.46. The van der Waals surface area contributed by atoms with Crippen LogP contribution in [-0.2, 0) is 6.54 Å². The fraction of sp³-hybridized carbons (Fsp3) is 0.500. The van der Waals surface area contributed by atoms with Crippen LogP contribution in [-0.4, -0.2) is 20.6 Å². The molecule has 0 bridgehead atoms. The van der Waals surface area contributed by atoms with Crippen molar-refractivity contribution in [3.8, 4) is 0 Å². The lowest BCUT2D eigenvalue weighted by Crippen LogP contribution is -2.27. The third-order valence-corrected chi connectivity index (χ3v) is 4.73. The van der Waals surface area contributed by atoms with Crippen LogP contribution in [0.1, 0.15) is 43.0 Å². The predicted octanol–water partition coefficient (Wildman–Crippen LogP) is 2.85. The third-order valence-electron chi connectivity index (χ3n) is 4.73. The molecule has 112 valence electrons. The zero-order valence-electron chi connectivity index (χ0n) is 12.1. The Kier molecular flexibility index (Phi) is 3.57. The molecular formula is C16H20N2O3. The molecule has 1 fully saturated rings. The number of carbonyl (C=O) groups is 1.